The van der Waals surface area contributed by atoms with Crippen LogP contribution < -0.4 is 15.9 Å². The molecule has 2 aromatic heterocycles. The molecule has 3 rings (SSSR count). The van der Waals surface area contributed by atoms with Gasteiger partial charge in [0.05, 0.1) is 18.7 Å². The van der Waals surface area contributed by atoms with Gasteiger partial charge in [-0.05, 0) is 45.5 Å². The van der Waals surface area contributed by atoms with E-state index in [1.54, 1.807) is 0 Å². The zero-order valence-electron chi connectivity index (χ0n) is 28.5. The average Bonchev–Trinajstić information content (AvgIpc) is 3.41. The van der Waals surface area contributed by atoms with Crippen molar-refractivity contribution in [2.75, 3.05) is 52.2 Å². The number of fused-ring (bicyclic) bond motifs is 3. The second-order valence-electron chi connectivity index (χ2n) is 12.4. The van der Waals surface area contributed by atoms with Gasteiger partial charge in [0.1, 0.15) is 23.5 Å². The maximum atomic E-state index is 12.3. The van der Waals surface area contributed by atoms with Crippen molar-refractivity contribution in [3.05, 3.63) is 30.1 Å². The van der Waals surface area contributed by atoms with Crippen LogP contribution in [0.5, 0.6) is 0 Å². The normalized spacial score (nSPS) is 11.6. The summed E-state index contributed by atoms with van der Waals surface area (Å²) in [5, 5.41) is 3.93. The van der Waals surface area contributed by atoms with Crippen molar-refractivity contribution in [3.63, 3.8) is 0 Å². The molecule has 2 heterocycles. The molecule has 1 aromatic carbocycles. The van der Waals surface area contributed by atoms with Crippen molar-refractivity contribution in [2.45, 2.75) is 117 Å². The highest BCUT2D eigenvalue weighted by molar-refractivity contribution is 6.06. The molecular weight excluding hydrogens is 564 g/mol. The Bertz CT molecular complexity index is 1250. The van der Waals surface area contributed by atoms with E-state index in [-0.39, 0.29) is 5.91 Å². The first-order chi connectivity index (χ1) is 22.0. The van der Waals surface area contributed by atoms with Crippen LogP contribution in [0.15, 0.2) is 24.3 Å². The lowest BCUT2D eigenvalue weighted by molar-refractivity contribution is -0.121. The number of carbonyl (C=O) groups excluding carboxylic acids is 1. The number of carbonyl (C=O) groups is 1. The SMILES string of the molecule is CCCCCCCCCCCCCN(C)CCCC(=O)NCCOCCOn1c(CCCC)nc2c(N)nc3ccccc3c21. The summed E-state index contributed by atoms with van der Waals surface area (Å²) in [5.41, 5.74) is 8.60. The number of rotatable bonds is 26. The van der Waals surface area contributed by atoms with Crippen LogP contribution in [0.2, 0.25) is 0 Å². The van der Waals surface area contributed by atoms with Gasteiger partial charge in [-0.25, -0.2) is 9.97 Å². The predicted molar refractivity (Wildman–Crippen MR) is 187 cm³/mol. The molecule has 0 saturated carbocycles. The van der Waals surface area contributed by atoms with Gasteiger partial charge >= 0.3 is 0 Å². The largest absolute Gasteiger partial charge is 0.410 e. The number of aromatic nitrogens is 3. The maximum absolute atomic E-state index is 12.3. The molecule has 0 aliphatic rings. The second kappa shape index (κ2) is 21.8. The number of para-hydroxylation sites is 1. The molecule has 0 fully saturated rings. The van der Waals surface area contributed by atoms with E-state index in [4.69, 9.17) is 20.3 Å². The Balaban J connectivity index is 1.24. The Morgan fingerprint density at radius 3 is 2.24 bits per heavy atom. The Kier molecular flexibility index (Phi) is 17.7. The lowest BCUT2D eigenvalue weighted by Crippen LogP contribution is -2.29. The summed E-state index contributed by atoms with van der Waals surface area (Å²) in [5.74, 6) is 1.33. The van der Waals surface area contributed by atoms with Crippen LogP contribution in [0.4, 0.5) is 5.82 Å². The number of aryl methyl sites for hydroxylation is 1. The summed E-state index contributed by atoms with van der Waals surface area (Å²) in [6.07, 6.45) is 19.3. The van der Waals surface area contributed by atoms with Gasteiger partial charge in [-0.3, -0.25) is 4.79 Å². The first kappa shape index (κ1) is 36.6. The van der Waals surface area contributed by atoms with Gasteiger partial charge in [0, 0.05) is 24.8 Å². The zero-order chi connectivity index (χ0) is 32.1. The highest BCUT2D eigenvalue weighted by Gasteiger charge is 2.18. The van der Waals surface area contributed by atoms with Gasteiger partial charge in [-0.2, -0.15) is 4.73 Å². The number of benzene rings is 1. The third-order valence-corrected chi connectivity index (χ3v) is 8.40. The summed E-state index contributed by atoms with van der Waals surface area (Å²) in [7, 11) is 2.16. The number of pyridine rings is 1. The maximum Gasteiger partial charge on any atom is 0.220 e. The molecule has 0 aliphatic heterocycles. The lowest BCUT2D eigenvalue weighted by Gasteiger charge is -2.16. The quantitative estimate of drug-likeness (QED) is 0.0918. The second-order valence-corrected chi connectivity index (χ2v) is 12.4. The Morgan fingerprint density at radius 1 is 0.844 bits per heavy atom. The van der Waals surface area contributed by atoms with Crippen LogP contribution in [0, 0.1) is 0 Å². The lowest BCUT2D eigenvalue weighted by atomic mass is 10.1. The van der Waals surface area contributed by atoms with E-state index < -0.39 is 0 Å². The third-order valence-electron chi connectivity index (χ3n) is 8.40. The summed E-state index contributed by atoms with van der Waals surface area (Å²) in [4.78, 5) is 30.1. The van der Waals surface area contributed by atoms with Crippen LogP contribution >= 0.6 is 0 Å². The van der Waals surface area contributed by atoms with Gasteiger partial charge in [0.2, 0.25) is 5.91 Å². The van der Waals surface area contributed by atoms with Crippen molar-refractivity contribution < 1.29 is 14.4 Å². The van der Waals surface area contributed by atoms with Crippen LogP contribution in [0.1, 0.15) is 116 Å². The monoisotopic (exact) mass is 624 g/mol. The first-order valence-corrected chi connectivity index (χ1v) is 17.8. The number of unbranched alkanes of at least 4 members (excludes halogenated alkanes) is 11. The molecule has 252 valence electrons. The Morgan fingerprint density at radius 2 is 1.51 bits per heavy atom. The first-order valence-electron chi connectivity index (χ1n) is 17.8. The molecule has 0 saturated heterocycles. The van der Waals surface area contributed by atoms with E-state index in [1.807, 2.05) is 29.0 Å². The number of hydrogen-bond donors (Lipinski definition) is 2. The number of ether oxygens (including phenoxy) is 1. The molecule has 0 spiro atoms. The van der Waals surface area contributed by atoms with Crippen molar-refractivity contribution in [1.82, 2.24) is 24.9 Å². The summed E-state index contributed by atoms with van der Waals surface area (Å²) in [6, 6.07) is 7.90. The fourth-order valence-corrected chi connectivity index (χ4v) is 5.76. The Hall–Kier alpha value is -2.91. The summed E-state index contributed by atoms with van der Waals surface area (Å²) < 4.78 is 7.57. The van der Waals surface area contributed by atoms with Crippen molar-refractivity contribution in [1.29, 1.82) is 0 Å². The van der Waals surface area contributed by atoms with E-state index >= 15 is 0 Å². The molecule has 0 radical (unpaired) electrons. The molecule has 0 unspecified atom stereocenters. The molecular formula is C36H60N6O3. The predicted octanol–water partition coefficient (Wildman–Crippen LogP) is 7.09. The molecule has 45 heavy (non-hydrogen) atoms. The summed E-state index contributed by atoms with van der Waals surface area (Å²) >= 11 is 0. The van der Waals surface area contributed by atoms with Crippen LogP contribution in [0.25, 0.3) is 21.9 Å². The minimum absolute atomic E-state index is 0.0847. The van der Waals surface area contributed by atoms with Crippen LogP contribution in [-0.4, -0.2) is 72.0 Å². The smallest absolute Gasteiger partial charge is 0.220 e. The summed E-state index contributed by atoms with van der Waals surface area (Å²) in [6.45, 7) is 8.22. The molecule has 9 heteroatoms. The van der Waals surface area contributed by atoms with E-state index in [9.17, 15) is 4.79 Å². The van der Waals surface area contributed by atoms with Gasteiger partial charge < -0.3 is 25.5 Å². The molecule has 3 N–H and O–H groups in total. The topological polar surface area (TPSA) is 108 Å². The molecule has 0 bridgehead atoms. The van der Waals surface area contributed by atoms with Crippen LogP contribution in [-0.2, 0) is 16.0 Å². The number of nitrogen functional groups attached to an aromatic ring is 1. The third kappa shape index (κ3) is 13.2. The highest BCUT2D eigenvalue weighted by atomic mass is 16.7. The average molecular weight is 625 g/mol. The Labute approximate surface area is 271 Å². The molecule has 0 atom stereocenters. The number of anilines is 1. The van der Waals surface area contributed by atoms with Gasteiger partial charge in [0.15, 0.2) is 5.82 Å². The van der Waals surface area contributed by atoms with Crippen molar-refractivity contribution >= 4 is 33.7 Å². The minimum atomic E-state index is 0.0847. The number of nitrogens with two attached hydrogens (primary N) is 1. The number of hydrogen-bond acceptors (Lipinski definition) is 7. The standard InChI is InChI=1S/C36H60N6O3/c1-4-6-8-9-10-11-12-13-14-15-18-25-41(3)26-19-23-33(43)38-24-27-44-28-29-45-42-32(22-7-5-2)40-34-35(42)30-20-16-17-21-31(30)39-36(34)37/h16-17,20-21H,4-15,18-19,22-29H2,1-3H3,(H2,37,39)(H,38,43). The van der Waals surface area contributed by atoms with Gasteiger partial charge in [-0.1, -0.05) is 103 Å². The van der Waals surface area contributed by atoms with E-state index in [0.717, 1.165) is 61.0 Å². The van der Waals surface area contributed by atoms with Crippen molar-refractivity contribution in [2.24, 2.45) is 0 Å². The minimum Gasteiger partial charge on any atom is -0.410 e. The number of amides is 1. The fraction of sp³-hybridized carbons (Fsp3) is 0.694. The fourth-order valence-electron chi connectivity index (χ4n) is 5.76. The van der Waals surface area contributed by atoms with Gasteiger partial charge in [0.25, 0.3) is 0 Å². The molecule has 3 aromatic rings. The number of nitrogens with zero attached hydrogens (tertiary/aromatic N) is 4. The highest BCUT2D eigenvalue weighted by Crippen LogP contribution is 2.28. The van der Waals surface area contributed by atoms with E-state index in [1.165, 1.54) is 70.6 Å². The van der Waals surface area contributed by atoms with Gasteiger partial charge in [-0.15, -0.1) is 0 Å². The van der Waals surface area contributed by atoms with Crippen LogP contribution in [0.3, 0.4) is 0 Å². The van der Waals surface area contributed by atoms with E-state index in [0.29, 0.717) is 44.1 Å². The zero-order valence-corrected chi connectivity index (χ0v) is 28.5. The number of nitrogens with one attached hydrogen (secondary N) is 1. The molecule has 0 aliphatic carbocycles. The molecule has 1 amide bonds. The number of imidazole rings is 1. The molecule has 9 nitrogen and oxygen atoms in total. The van der Waals surface area contributed by atoms with Crippen molar-refractivity contribution in [3.8, 4) is 0 Å². The van der Waals surface area contributed by atoms with E-state index in [2.05, 4.69) is 36.1 Å².